The van der Waals surface area contributed by atoms with Crippen LogP contribution >= 0.6 is 0 Å². The zero-order valence-electron chi connectivity index (χ0n) is 11.6. The van der Waals surface area contributed by atoms with Gasteiger partial charge in [-0.1, -0.05) is 33.1 Å². The Morgan fingerprint density at radius 3 is 2.78 bits per heavy atom. The molecule has 0 amide bonds. The molecule has 5 nitrogen and oxygen atoms in total. The minimum atomic E-state index is 0.372. The molecule has 1 rings (SSSR count). The van der Waals surface area contributed by atoms with Crippen LogP contribution in [0.5, 0.6) is 5.75 Å². The summed E-state index contributed by atoms with van der Waals surface area (Å²) >= 11 is 0. The van der Waals surface area contributed by atoms with Crippen LogP contribution in [-0.4, -0.2) is 23.6 Å². The maximum absolute atomic E-state index is 5.73. The van der Waals surface area contributed by atoms with Gasteiger partial charge >= 0.3 is 0 Å². The molecule has 18 heavy (non-hydrogen) atoms. The summed E-state index contributed by atoms with van der Waals surface area (Å²) in [5.74, 6) is 2.24. The third kappa shape index (κ3) is 4.05. The van der Waals surface area contributed by atoms with Gasteiger partial charge in [0.15, 0.2) is 11.6 Å². The molecule has 0 aliphatic rings. The molecule has 0 spiro atoms. The second kappa shape index (κ2) is 7.74. The molecule has 0 radical (unpaired) electrons. The first kappa shape index (κ1) is 14.5. The van der Waals surface area contributed by atoms with E-state index >= 15 is 0 Å². The Bertz CT molecular complexity index is 357. The van der Waals surface area contributed by atoms with Gasteiger partial charge < -0.3 is 15.8 Å². The van der Waals surface area contributed by atoms with Crippen LogP contribution in [-0.2, 0) is 0 Å². The van der Waals surface area contributed by atoms with Crippen LogP contribution in [0.2, 0.25) is 0 Å². The van der Waals surface area contributed by atoms with Crippen LogP contribution in [0.3, 0.4) is 0 Å². The van der Waals surface area contributed by atoms with Crippen molar-refractivity contribution >= 4 is 11.6 Å². The van der Waals surface area contributed by atoms with E-state index in [0.717, 1.165) is 13.0 Å². The van der Waals surface area contributed by atoms with E-state index in [1.807, 2.05) is 0 Å². The SMILES string of the molecule is CCCCC(CC)CNc1ncnc(N)c1OC. The molecule has 0 aliphatic heterocycles. The first-order valence-electron chi connectivity index (χ1n) is 6.61. The smallest absolute Gasteiger partial charge is 0.203 e. The molecule has 0 aliphatic carbocycles. The van der Waals surface area contributed by atoms with E-state index in [1.54, 1.807) is 7.11 Å². The number of methoxy groups -OCH3 is 1. The van der Waals surface area contributed by atoms with Crippen LogP contribution in [0.1, 0.15) is 39.5 Å². The zero-order valence-corrected chi connectivity index (χ0v) is 11.6. The van der Waals surface area contributed by atoms with E-state index in [9.17, 15) is 0 Å². The number of hydrogen-bond acceptors (Lipinski definition) is 5. The van der Waals surface area contributed by atoms with E-state index < -0.39 is 0 Å². The number of rotatable bonds is 8. The third-order valence-corrected chi connectivity index (χ3v) is 3.14. The van der Waals surface area contributed by atoms with Gasteiger partial charge in [0.05, 0.1) is 7.11 Å². The lowest BCUT2D eigenvalue weighted by Gasteiger charge is -2.17. The lowest BCUT2D eigenvalue weighted by atomic mass is 9.99. The van der Waals surface area contributed by atoms with Crippen LogP contribution in [0.15, 0.2) is 6.33 Å². The number of unbranched alkanes of at least 4 members (excludes halogenated alkanes) is 1. The zero-order chi connectivity index (χ0) is 13.4. The standard InChI is InChI=1S/C13H24N4O/c1-4-6-7-10(5-2)8-15-13-11(18-3)12(14)16-9-17-13/h9-10H,4-8H2,1-3H3,(H3,14,15,16,17). The van der Waals surface area contributed by atoms with Crippen molar-refractivity contribution in [1.29, 1.82) is 0 Å². The minimum absolute atomic E-state index is 0.372. The van der Waals surface area contributed by atoms with Gasteiger partial charge in [0.2, 0.25) is 5.75 Å². The summed E-state index contributed by atoms with van der Waals surface area (Å²) in [4.78, 5) is 8.08. The number of hydrogen-bond donors (Lipinski definition) is 2. The Kier molecular flexibility index (Phi) is 6.25. The van der Waals surface area contributed by atoms with Crippen LogP contribution < -0.4 is 15.8 Å². The predicted molar refractivity (Wildman–Crippen MR) is 74.8 cm³/mol. The molecule has 0 saturated heterocycles. The maximum Gasteiger partial charge on any atom is 0.203 e. The summed E-state index contributed by atoms with van der Waals surface area (Å²) < 4.78 is 5.21. The van der Waals surface area contributed by atoms with Gasteiger partial charge in [0.1, 0.15) is 6.33 Å². The number of aromatic nitrogens is 2. The van der Waals surface area contributed by atoms with Crippen molar-refractivity contribution in [3.8, 4) is 5.75 Å². The van der Waals surface area contributed by atoms with E-state index in [1.165, 1.54) is 25.6 Å². The van der Waals surface area contributed by atoms with Gasteiger partial charge in [-0.25, -0.2) is 9.97 Å². The average molecular weight is 252 g/mol. The van der Waals surface area contributed by atoms with Gasteiger partial charge in [0.25, 0.3) is 0 Å². The Balaban J connectivity index is 2.59. The minimum Gasteiger partial charge on any atom is -0.490 e. The van der Waals surface area contributed by atoms with Gasteiger partial charge in [0, 0.05) is 6.54 Å². The molecule has 1 heterocycles. The molecule has 3 N–H and O–H groups in total. The molecule has 0 aromatic carbocycles. The molecule has 0 saturated carbocycles. The molecule has 0 bridgehead atoms. The number of ether oxygens (including phenoxy) is 1. The molecule has 0 fully saturated rings. The highest BCUT2D eigenvalue weighted by Crippen LogP contribution is 2.26. The quantitative estimate of drug-likeness (QED) is 0.744. The second-order valence-corrected chi connectivity index (χ2v) is 4.44. The highest BCUT2D eigenvalue weighted by atomic mass is 16.5. The molecule has 1 atom stereocenters. The van der Waals surface area contributed by atoms with Crippen molar-refractivity contribution in [3.05, 3.63) is 6.33 Å². The van der Waals surface area contributed by atoms with Gasteiger partial charge in [-0.3, -0.25) is 0 Å². The first-order valence-corrected chi connectivity index (χ1v) is 6.61. The highest BCUT2D eigenvalue weighted by molar-refractivity contribution is 5.61. The number of anilines is 2. The monoisotopic (exact) mass is 252 g/mol. The normalized spacial score (nSPS) is 12.2. The van der Waals surface area contributed by atoms with Gasteiger partial charge in [-0.15, -0.1) is 0 Å². The average Bonchev–Trinajstić information content (AvgIpc) is 2.39. The van der Waals surface area contributed by atoms with Crippen molar-refractivity contribution in [3.63, 3.8) is 0 Å². The fraction of sp³-hybridized carbons (Fsp3) is 0.692. The first-order chi connectivity index (χ1) is 8.72. The molecular weight excluding hydrogens is 228 g/mol. The Morgan fingerprint density at radius 2 is 2.17 bits per heavy atom. The molecule has 1 unspecified atom stereocenters. The van der Waals surface area contributed by atoms with Gasteiger partial charge in [-0.2, -0.15) is 0 Å². The molecule has 1 aromatic heterocycles. The third-order valence-electron chi connectivity index (χ3n) is 3.14. The molecule has 1 aromatic rings. The van der Waals surface area contributed by atoms with Crippen molar-refractivity contribution < 1.29 is 4.74 Å². The lowest BCUT2D eigenvalue weighted by molar-refractivity contribution is 0.413. The second-order valence-electron chi connectivity index (χ2n) is 4.44. The fourth-order valence-corrected chi connectivity index (χ4v) is 1.90. The van der Waals surface area contributed by atoms with Crippen molar-refractivity contribution in [2.24, 2.45) is 5.92 Å². The summed E-state index contributed by atoms with van der Waals surface area (Å²) in [6.07, 6.45) is 6.36. The van der Waals surface area contributed by atoms with Crippen molar-refractivity contribution in [2.45, 2.75) is 39.5 Å². The Hall–Kier alpha value is -1.52. The van der Waals surface area contributed by atoms with E-state index in [0.29, 0.717) is 23.3 Å². The topological polar surface area (TPSA) is 73.1 Å². The van der Waals surface area contributed by atoms with Crippen molar-refractivity contribution in [1.82, 2.24) is 9.97 Å². The van der Waals surface area contributed by atoms with Crippen LogP contribution in [0, 0.1) is 5.92 Å². The summed E-state index contributed by atoms with van der Waals surface area (Å²) in [7, 11) is 1.58. The predicted octanol–water partition coefficient (Wildman–Crippen LogP) is 2.70. The fourth-order valence-electron chi connectivity index (χ4n) is 1.90. The van der Waals surface area contributed by atoms with E-state index in [2.05, 4.69) is 29.1 Å². The van der Waals surface area contributed by atoms with Gasteiger partial charge in [-0.05, 0) is 12.3 Å². The molecule has 102 valence electrons. The number of nitrogens with two attached hydrogens (primary N) is 1. The summed E-state index contributed by atoms with van der Waals surface area (Å²) in [6, 6.07) is 0. The highest BCUT2D eigenvalue weighted by Gasteiger charge is 2.11. The number of nitrogens with one attached hydrogen (secondary N) is 1. The van der Waals surface area contributed by atoms with Crippen LogP contribution in [0.4, 0.5) is 11.6 Å². The molecular formula is C13H24N4O. The Morgan fingerprint density at radius 1 is 1.39 bits per heavy atom. The maximum atomic E-state index is 5.73. The summed E-state index contributed by atoms with van der Waals surface area (Å²) in [6.45, 7) is 5.32. The summed E-state index contributed by atoms with van der Waals surface area (Å²) in [5, 5.41) is 3.31. The van der Waals surface area contributed by atoms with E-state index in [4.69, 9.17) is 10.5 Å². The number of nitrogens with zero attached hydrogens (tertiary/aromatic N) is 2. The largest absolute Gasteiger partial charge is 0.490 e. The number of nitrogen functional groups attached to an aromatic ring is 1. The lowest BCUT2D eigenvalue weighted by Crippen LogP contribution is -2.15. The Labute approximate surface area is 109 Å². The summed E-state index contributed by atoms with van der Waals surface area (Å²) in [5.41, 5.74) is 5.73. The van der Waals surface area contributed by atoms with Crippen LogP contribution in [0.25, 0.3) is 0 Å². The van der Waals surface area contributed by atoms with E-state index in [-0.39, 0.29) is 0 Å². The van der Waals surface area contributed by atoms with Crippen molar-refractivity contribution in [2.75, 3.05) is 24.7 Å². The molecule has 5 heteroatoms.